The van der Waals surface area contributed by atoms with E-state index in [0.717, 1.165) is 19.5 Å². The van der Waals surface area contributed by atoms with E-state index in [-0.39, 0.29) is 18.2 Å². The summed E-state index contributed by atoms with van der Waals surface area (Å²) in [6, 6.07) is 0.240. The minimum Gasteiger partial charge on any atom is -0.352 e. The van der Waals surface area contributed by atoms with Crippen LogP contribution in [0, 0.1) is 5.92 Å². The molecule has 1 fully saturated rings. The van der Waals surface area contributed by atoms with Gasteiger partial charge in [-0.1, -0.05) is 6.92 Å². The lowest BCUT2D eigenvalue weighted by molar-refractivity contribution is -0.142. The molecule has 0 aliphatic carbocycles. The van der Waals surface area contributed by atoms with Crippen molar-refractivity contribution in [2.24, 2.45) is 18.0 Å². The molecule has 2 aromatic heterocycles. The summed E-state index contributed by atoms with van der Waals surface area (Å²) in [5.41, 5.74) is -0.765. The largest absolute Gasteiger partial charge is 0.435 e. The van der Waals surface area contributed by atoms with Gasteiger partial charge in [0.2, 0.25) is 0 Å². The van der Waals surface area contributed by atoms with Crippen molar-refractivity contribution >= 4 is 5.96 Å². The normalized spacial score (nSPS) is 21.6. The number of alkyl halides is 3. The molecule has 0 radical (unpaired) electrons. The van der Waals surface area contributed by atoms with Crippen LogP contribution in [0.5, 0.6) is 0 Å². The van der Waals surface area contributed by atoms with Gasteiger partial charge in [0, 0.05) is 57.9 Å². The van der Waals surface area contributed by atoms with E-state index < -0.39 is 11.9 Å². The SMILES string of the molecule is CN=C(NCc1cn(C)nc1C(F)(F)F)N1CCC(C)C(n2ccnc2)C1. The van der Waals surface area contributed by atoms with Crippen molar-refractivity contribution in [3.8, 4) is 0 Å². The van der Waals surface area contributed by atoms with Crippen molar-refractivity contribution < 1.29 is 13.2 Å². The number of nitrogens with zero attached hydrogens (tertiary/aromatic N) is 6. The van der Waals surface area contributed by atoms with E-state index in [0.29, 0.717) is 11.9 Å². The van der Waals surface area contributed by atoms with Crippen molar-refractivity contribution in [1.82, 2.24) is 29.5 Å². The molecule has 0 amide bonds. The van der Waals surface area contributed by atoms with Crippen LogP contribution in [0.15, 0.2) is 29.9 Å². The number of piperidine rings is 1. The summed E-state index contributed by atoms with van der Waals surface area (Å²) in [6.45, 7) is 3.72. The number of rotatable bonds is 3. The number of likely N-dealkylation sites (tertiary alicyclic amines) is 1. The highest BCUT2D eigenvalue weighted by atomic mass is 19.4. The number of nitrogens with one attached hydrogen (secondary N) is 1. The van der Waals surface area contributed by atoms with Gasteiger partial charge in [0.15, 0.2) is 11.7 Å². The molecule has 0 bridgehead atoms. The van der Waals surface area contributed by atoms with E-state index in [9.17, 15) is 13.2 Å². The van der Waals surface area contributed by atoms with Crippen molar-refractivity contribution in [3.63, 3.8) is 0 Å². The number of aromatic nitrogens is 4. The highest BCUT2D eigenvalue weighted by Crippen LogP contribution is 2.31. The minimum atomic E-state index is -4.48. The summed E-state index contributed by atoms with van der Waals surface area (Å²) in [7, 11) is 3.12. The third-order valence-corrected chi connectivity index (χ3v) is 4.95. The molecular formula is C17H24F3N7. The fraction of sp³-hybridized carbons (Fsp3) is 0.588. The average Bonchev–Trinajstić information content (AvgIpc) is 3.26. The van der Waals surface area contributed by atoms with Crippen LogP contribution in [0.25, 0.3) is 0 Å². The second-order valence-corrected chi connectivity index (χ2v) is 6.86. The molecule has 3 heterocycles. The van der Waals surface area contributed by atoms with Gasteiger partial charge in [-0.3, -0.25) is 9.67 Å². The number of aryl methyl sites for hydroxylation is 1. The van der Waals surface area contributed by atoms with Gasteiger partial charge < -0.3 is 14.8 Å². The van der Waals surface area contributed by atoms with Crippen molar-refractivity contribution in [2.75, 3.05) is 20.1 Å². The van der Waals surface area contributed by atoms with Crippen LogP contribution in [0.4, 0.5) is 13.2 Å². The molecule has 0 saturated carbocycles. The van der Waals surface area contributed by atoms with Gasteiger partial charge in [0.1, 0.15) is 0 Å². The molecular weight excluding hydrogens is 359 g/mol. The fourth-order valence-electron chi connectivity index (χ4n) is 3.51. The van der Waals surface area contributed by atoms with Crippen molar-refractivity contribution in [1.29, 1.82) is 0 Å². The maximum Gasteiger partial charge on any atom is 0.435 e. The topological polar surface area (TPSA) is 63.3 Å². The Morgan fingerprint density at radius 2 is 2.19 bits per heavy atom. The molecule has 148 valence electrons. The molecule has 2 aromatic rings. The smallest absolute Gasteiger partial charge is 0.352 e. The summed E-state index contributed by atoms with van der Waals surface area (Å²) in [5, 5.41) is 6.60. The van der Waals surface area contributed by atoms with E-state index in [1.54, 1.807) is 19.6 Å². The first-order valence-corrected chi connectivity index (χ1v) is 8.82. The van der Waals surface area contributed by atoms with Crippen LogP contribution in [0.1, 0.15) is 30.6 Å². The van der Waals surface area contributed by atoms with Crippen molar-refractivity contribution in [3.05, 3.63) is 36.2 Å². The fourth-order valence-corrected chi connectivity index (χ4v) is 3.51. The van der Waals surface area contributed by atoms with Crippen LogP contribution in [0.3, 0.4) is 0 Å². The molecule has 1 saturated heterocycles. The van der Waals surface area contributed by atoms with Gasteiger partial charge in [-0.25, -0.2) is 4.98 Å². The molecule has 2 unspecified atom stereocenters. The maximum atomic E-state index is 13.1. The first kappa shape index (κ1) is 19.2. The van der Waals surface area contributed by atoms with Crippen LogP contribution in [-0.4, -0.2) is 50.3 Å². The zero-order valence-corrected chi connectivity index (χ0v) is 15.6. The number of hydrogen-bond acceptors (Lipinski definition) is 3. The van der Waals surface area contributed by atoms with Gasteiger partial charge in [-0.05, 0) is 12.3 Å². The molecule has 10 heteroatoms. The summed E-state index contributed by atoms with van der Waals surface area (Å²) < 4.78 is 42.6. The lowest BCUT2D eigenvalue weighted by atomic mass is 9.93. The predicted molar refractivity (Wildman–Crippen MR) is 95.0 cm³/mol. The van der Waals surface area contributed by atoms with E-state index >= 15 is 0 Å². The highest BCUT2D eigenvalue weighted by Gasteiger charge is 2.37. The van der Waals surface area contributed by atoms with E-state index in [2.05, 4.69) is 36.8 Å². The molecule has 0 aromatic carbocycles. The van der Waals surface area contributed by atoms with Crippen LogP contribution < -0.4 is 5.32 Å². The van der Waals surface area contributed by atoms with Crippen LogP contribution in [-0.2, 0) is 19.8 Å². The first-order chi connectivity index (χ1) is 12.8. The summed E-state index contributed by atoms with van der Waals surface area (Å²) in [4.78, 5) is 10.5. The maximum absolute atomic E-state index is 13.1. The number of guanidine groups is 1. The molecule has 1 aliphatic heterocycles. The van der Waals surface area contributed by atoms with E-state index in [1.807, 2.05) is 6.20 Å². The lowest BCUT2D eigenvalue weighted by Gasteiger charge is -2.39. The predicted octanol–water partition coefficient (Wildman–Crippen LogP) is 2.29. The van der Waals surface area contributed by atoms with Gasteiger partial charge >= 0.3 is 6.18 Å². The molecule has 7 nitrogen and oxygen atoms in total. The van der Waals surface area contributed by atoms with Crippen molar-refractivity contribution in [2.45, 2.75) is 32.1 Å². The van der Waals surface area contributed by atoms with E-state index in [1.165, 1.54) is 17.9 Å². The minimum absolute atomic E-state index is 0.0111. The van der Waals surface area contributed by atoms with Gasteiger partial charge in [0.25, 0.3) is 0 Å². The molecule has 3 rings (SSSR count). The standard InChI is InChI=1S/C17H24F3N7/c1-12-4-6-26(10-14(12)27-7-5-22-11-27)16(21-2)23-8-13-9-25(3)24-15(13)17(18,19)20/h5,7,9,11-12,14H,4,6,8,10H2,1-3H3,(H,21,23). The lowest BCUT2D eigenvalue weighted by Crippen LogP contribution is -2.48. The second kappa shape index (κ2) is 7.61. The summed E-state index contributed by atoms with van der Waals surface area (Å²) >= 11 is 0. The molecule has 1 aliphatic rings. The van der Waals surface area contributed by atoms with Gasteiger partial charge in [-0.2, -0.15) is 18.3 Å². The highest BCUT2D eigenvalue weighted by molar-refractivity contribution is 5.80. The summed E-state index contributed by atoms with van der Waals surface area (Å²) in [6.07, 6.45) is 3.35. The van der Waals surface area contributed by atoms with Gasteiger partial charge in [0.05, 0.1) is 12.4 Å². The quantitative estimate of drug-likeness (QED) is 0.653. The average molecular weight is 383 g/mol. The molecule has 27 heavy (non-hydrogen) atoms. The van der Waals surface area contributed by atoms with Crippen LogP contribution in [0.2, 0.25) is 0 Å². The number of aliphatic imine (C=N–C) groups is 1. The molecule has 0 spiro atoms. The second-order valence-electron chi connectivity index (χ2n) is 6.86. The first-order valence-electron chi connectivity index (χ1n) is 8.82. The zero-order valence-electron chi connectivity index (χ0n) is 15.6. The number of halogens is 3. The van der Waals surface area contributed by atoms with Crippen LogP contribution >= 0.6 is 0 Å². The monoisotopic (exact) mass is 383 g/mol. The Morgan fingerprint density at radius 1 is 1.41 bits per heavy atom. The Morgan fingerprint density at radius 3 is 2.81 bits per heavy atom. The Kier molecular flexibility index (Phi) is 5.43. The zero-order chi connectivity index (χ0) is 19.6. The Bertz CT molecular complexity index is 779. The molecule has 1 N–H and O–H groups in total. The Hall–Kier alpha value is -2.52. The third-order valence-electron chi connectivity index (χ3n) is 4.95. The van der Waals surface area contributed by atoms with Gasteiger partial charge in [-0.15, -0.1) is 0 Å². The summed E-state index contributed by atoms with van der Waals surface area (Å²) in [5.74, 6) is 1.06. The number of imidazole rings is 1. The third kappa shape index (κ3) is 4.25. The van der Waals surface area contributed by atoms with E-state index in [4.69, 9.17) is 0 Å². The Balaban J connectivity index is 1.70. The Labute approximate surface area is 155 Å². The molecule has 2 atom stereocenters. The number of hydrogen-bond donors (Lipinski definition) is 1.